The van der Waals surface area contributed by atoms with Gasteiger partial charge in [0.1, 0.15) is 11.6 Å². The fourth-order valence-corrected chi connectivity index (χ4v) is 4.13. The fourth-order valence-electron chi connectivity index (χ4n) is 4.13. The Morgan fingerprint density at radius 2 is 1.76 bits per heavy atom. The van der Waals surface area contributed by atoms with Crippen LogP contribution in [0.3, 0.4) is 0 Å². The van der Waals surface area contributed by atoms with Crippen LogP contribution < -0.4 is 10.2 Å². The number of halogens is 1. The molecule has 0 aliphatic carbocycles. The predicted octanol–water partition coefficient (Wildman–Crippen LogP) is 3.26. The van der Waals surface area contributed by atoms with E-state index in [2.05, 4.69) is 27.1 Å². The molecule has 2 aromatic carbocycles. The molecule has 8 nitrogen and oxygen atoms in total. The highest BCUT2D eigenvalue weighted by atomic mass is 19.1. The van der Waals surface area contributed by atoms with Crippen molar-refractivity contribution in [2.75, 3.05) is 43.5 Å². The number of rotatable bonds is 6. The maximum absolute atomic E-state index is 13.3. The molecule has 0 saturated carbocycles. The summed E-state index contributed by atoms with van der Waals surface area (Å²) in [5.74, 6) is -0.269. The number of aryl methyl sites for hydroxylation is 1. The Balaban J connectivity index is 1.36. The normalized spacial score (nSPS) is 16.4. The number of hydrogen-bond acceptors (Lipinski definition) is 6. The van der Waals surface area contributed by atoms with Gasteiger partial charge < -0.3 is 15.0 Å². The fraction of sp³-hybridized carbons (Fsp3) is 0.320. The molecule has 4 rings (SSSR count). The van der Waals surface area contributed by atoms with E-state index in [0.717, 1.165) is 31.0 Å². The van der Waals surface area contributed by atoms with Crippen molar-refractivity contribution in [1.82, 2.24) is 14.7 Å². The van der Waals surface area contributed by atoms with Crippen molar-refractivity contribution in [1.29, 1.82) is 0 Å². The molecule has 1 saturated heterocycles. The molecule has 1 aromatic heterocycles. The SMILES string of the molecule is COC(=O)c1ccc(N2CCN(CC(=O)Nc3cc(C)nn3-c3ccc(F)cc3)C(C)C2)cc1. The number of piperazine rings is 1. The van der Waals surface area contributed by atoms with Crippen LogP contribution in [0.15, 0.2) is 54.6 Å². The summed E-state index contributed by atoms with van der Waals surface area (Å²) in [6.45, 7) is 6.44. The van der Waals surface area contributed by atoms with Crippen LogP contribution in [0.5, 0.6) is 0 Å². The Morgan fingerprint density at radius 3 is 2.41 bits per heavy atom. The van der Waals surface area contributed by atoms with Crippen molar-refractivity contribution in [2.45, 2.75) is 19.9 Å². The average Bonchev–Trinajstić information content (AvgIpc) is 3.20. The summed E-state index contributed by atoms with van der Waals surface area (Å²) >= 11 is 0. The molecule has 3 aromatic rings. The van der Waals surface area contributed by atoms with Gasteiger partial charge in [0.2, 0.25) is 5.91 Å². The number of methoxy groups -OCH3 is 1. The first kappa shape index (κ1) is 23.4. The largest absolute Gasteiger partial charge is 0.465 e. The quantitative estimate of drug-likeness (QED) is 0.563. The monoisotopic (exact) mass is 465 g/mol. The second-order valence-electron chi connectivity index (χ2n) is 8.41. The molecular weight excluding hydrogens is 437 g/mol. The van der Waals surface area contributed by atoms with Gasteiger partial charge in [-0.25, -0.2) is 13.9 Å². The highest BCUT2D eigenvalue weighted by molar-refractivity contribution is 5.92. The van der Waals surface area contributed by atoms with Gasteiger partial charge in [0.05, 0.1) is 30.6 Å². The minimum atomic E-state index is -0.355. The lowest BCUT2D eigenvalue weighted by molar-refractivity contribution is -0.117. The van der Waals surface area contributed by atoms with Gasteiger partial charge in [-0.3, -0.25) is 9.69 Å². The molecule has 1 amide bonds. The molecule has 1 fully saturated rings. The van der Waals surface area contributed by atoms with Gasteiger partial charge in [-0.2, -0.15) is 5.10 Å². The van der Waals surface area contributed by atoms with Gasteiger partial charge in [-0.05, 0) is 62.4 Å². The predicted molar refractivity (Wildman–Crippen MR) is 128 cm³/mol. The molecule has 178 valence electrons. The van der Waals surface area contributed by atoms with Crippen molar-refractivity contribution in [3.8, 4) is 5.69 Å². The molecule has 9 heteroatoms. The zero-order chi connectivity index (χ0) is 24.2. The number of hydrogen-bond donors (Lipinski definition) is 1. The Morgan fingerprint density at radius 1 is 1.09 bits per heavy atom. The van der Waals surface area contributed by atoms with Crippen LogP contribution in [0.25, 0.3) is 5.69 Å². The Labute approximate surface area is 197 Å². The summed E-state index contributed by atoms with van der Waals surface area (Å²) in [6, 6.07) is 15.3. The molecule has 0 bridgehead atoms. The number of carbonyl (C=O) groups is 2. The Bertz CT molecular complexity index is 1160. The molecule has 1 aliphatic heterocycles. The second kappa shape index (κ2) is 10.0. The third-order valence-electron chi connectivity index (χ3n) is 5.94. The zero-order valence-electron chi connectivity index (χ0n) is 19.5. The summed E-state index contributed by atoms with van der Waals surface area (Å²) in [7, 11) is 1.37. The third kappa shape index (κ3) is 5.26. The van der Waals surface area contributed by atoms with E-state index < -0.39 is 0 Å². The molecule has 34 heavy (non-hydrogen) atoms. The molecule has 2 heterocycles. The number of carbonyl (C=O) groups excluding carboxylic acids is 2. The maximum atomic E-state index is 13.3. The molecule has 1 aliphatic rings. The van der Waals surface area contributed by atoms with Crippen LogP contribution in [0.2, 0.25) is 0 Å². The molecular formula is C25H28FN5O3. The van der Waals surface area contributed by atoms with Crippen molar-refractivity contribution >= 4 is 23.4 Å². The maximum Gasteiger partial charge on any atom is 0.337 e. The number of anilines is 2. The Kier molecular flexibility index (Phi) is 6.93. The lowest BCUT2D eigenvalue weighted by atomic mass is 10.1. The first-order chi connectivity index (χ1) is 16.3. The highest BCUT2D eigenvalue weighted by Gasteiger charge is 2.26. The summed E-state index contributed by atoms with van der Waals surface area (Å²) in [4.78, 5) is 28.9. The lowest BCUT2D eigenvalue weighted by Gasteiger charge is -2.40. The first-order valence-electron chi connectivity index (χ1n) is 11.1. The van der Waals surface area contributed by atoms with Crippen molar-refractivity contribution < 1.29 is 18.7 Å². The zero-order valence-corrected chi connectivity index (χ0v) is 19.5. The number of aromatic nitrogens is 2. The van der Waals surface area contributed by atoms with Gasteiger partial charge in [-0.1, -0.05) is 0 Å². The van der Waals surface area contributed by atoms with E-state index in [-0.39, 0.29) is 30.3 Å². The topological polar surface area (TPSA) is 79.7 Å². The summed E-state index contributed by atoms with van der Waals surface area (Å²) in [6.07, 6.45) is 0. The molecule has 0 spiro atoms. The van der Waals surface area contributed by atoms with E-state index in [1.165, 1.54) is 19.2 Å². The van der Waals surface area contributed by atoms with Gasteiger partial charge in [0, 0.05) is 37.4 Å². The lowest BCUT2D eigenvalue weighted by Crippen LogP contribution is -2.53. The number of ether oxygens (including phenoxy) is 1. The molecule has 0 radical (unpaired) electrons. The average molecular weight is 466 g/mol. The summed E-state index contributed by atoms with van der Waals surface area (Å²) < 4.78 is 19.6. The van der Waals surface area contributed by atoms with E-state index in [4.69, 9.17) is 4.74 Å². The number of nitrogens with one attached hydrogen (secondary N) is 1. The van der Waals surface area contributed by atoms with E-state index in [1.807, 2.05) is 19.1 Å². The van der Waals surface area contributed by atoms with Crippen LogP contribution in [0.1, 0.15) is 23.0 Å². The second-order valence-corrected chi connectivity index (χ2v) is 8.41. The minimum Gasteiger partial charge on any atom is -0.465 e. The van der Waals surface area contributed by atoms with Crippen molar-refractivity contribution in [3.63, 3.8) is 0 Å². The van der Waals surface area contributed by atoms with Crippen LogP contribution in [-0.2, 0) is 9.53 Å². The summed E-state index contributed by atoms with van der Waals surface area (Å²) in [5, 5.41) is 7.37. The van der Waals surface area contributed by atoms with Crippen LogP contribution in [0, 0.1) is 12.7 Å². The number of benzene rings is 2. The standard InChI is InChI=1S/C25H28FN5O3/c1-17-14-23(31(28-17)22-10-6-20(26)7-11-22)27-24(32)16-29-12-13-30(15-18(29)2)21-8-4-19(5-9-21)25(33)34-3/h4-11,14,18H,12-13,15-16H2,1-3H3,(H,27,32). The van der Waals surface area contributed by atoms with E-state index in [9.17, 15) is 14.0 Å². The van der Waals surface area contributed by atoms with E-state index in [1.54, 1.807) is 35.0 Å². The number of esters is 1. The number of amides is 1. The van der Waals surface area contributed by atoms with Crippen LogP contribution in [0.4, 0.5) is 15.9 Å². The van der Waals surface area contributed by atoms with Crippen molar-refractivity contribution in [3.05, 3.63) is 71.7 Å². The van der Waals surface area contributed by atoms with Gasteiger partial charge in [-0.15, -0.1) is 0 Å². The van der Waals surface area contributed by atoms with Gasteiger partial charge in [0.25, 0.3) is 0 Å². The Hall–Kier alpha value is -3.72. The van der Waals surface area contributed by atoms with E-state index >= 15 is 0 Å². The van der Waals surface area contributed by atoms with E-state index in [0.29, 0.717) is 17.1 Å². The van der Waals surface area contributed by atoms with Crippen molar-refractivity contribution in [2.24, 2.45) is 0 Å². The minimum absolute atomic E-state index is 0.133. The molecule has 1 atom stereocenters. The summed E-state index contributed by atoms with van der Waals surface area (Å²) in [5.41, 5.74) is 2.97. The van der Waals surface area contributed by atoms with Crippen LogP contribution >= 0.6 is 0 Å². The molecule has 1 N–H and O–H groups in total. The van der Waals surface area contributed by atoms with Gasteiger partial charge >= 0.3 is 5.97 Å². The van der Waals surface area contributed by atoms with Gasteiger partial charge in [0.15, 0.2) is 0 Å². The third-order valence-corrected chi connectivity index (χ3v) is 5.94. The number of nitrogens with zero attached hydrogens (tertiary/aromatic N) is 4. The molecule has 1 unspecified atom stereocenters. The highest BCUT2D eigenvalue weighted by Crippen LogP contribution is 2.21. The smallest absolute Gasteiger partial charge is 0.337 e. The van der Waals surface area contributed by atoms with Crippen LogP contribution in [-0.4, -0.2) is 65.9 Å². The first-order valence-corrected chi connectivity index (χ1v) is 11.1.